The number of hydrogen-bond donors (Lipinski definition) is 1. The van der Waals surface area contributed by atoms with Gasteiger partial charge in [-0.2, -0.15) is 14.8 Å². The van der Waals surface area contributed by atoms with Crippen molar-refractivity contribution in [2.45, 2.75) is 63.8 Å². The van der Waals surface area contributed by atoms with Gasteiger partial charge in [-0.05, 0) is 48.8 Å². The van der Waals surface area contributed by atoms with Crippen LogP contribution in [0.15, 0.2) is 28.5 Å². The third kappa shape index (κ3) is 5.40. The Hall–Kier alpha value is -2.39. The van der Waals surface area contributed by atoms with E-state index in [-0.39, 0.29) is 11.1 Å². The number of aryl methyl sites for hydroxylation is 1. The van der Waals surface area contributed by atoms with Gasteiger partial charge in [-0.25, -0.2) is 9.18 Å². The molecule has 0 aliphatic carbocycles. The van der Waals surface area contributed by atoms with Crippen molar-refractivity contribution in [2.75, 3.05) is 18.0 Å². The minimum Gasteiger partial charge on any atom is -0.476 e. The maximum absolute atomic E-state index is 13.9. The van der Waals surface area contributed by atoms with Gasteiger partial charge in [0.15, 0.2) is 11.5 Å². The molecule has 0 atom stereocenters. The fourth-order valence-electron chi connectivity index (χ4n) is 4.68. The molecule has 0 amide bonds. The normalized spacial score (nSPS) is 15.3. The summed E-state index contributed by atoms with van der Waals surface area (Å²) in [6, 6.07) is 5.96. The Labute approximate surface area is 214 Å². The van der Waals surface area contributed by atoms with Crippen LogP contribution >= 0.6 is 23.1 Å². The maximum atomic E-state index is 13.9. The molecule has 4 rings (SSSR count). The van der Waals surface area contributed by atoms with Crippen molar-refractivity contribution >= 4 is 34.9 Å². The van der Waals surface area contributed by atoms with E-state index in [0.717, 1.165) is 36.0 Å². The minimum atomic E-state index is -1.12. The number of aromatic nitrogens is 3. The van der Waals surface area contributed by atoms with Gasteiger partial charge in [0.05, 0.1) is 5.69 Å². The highest BCUT2D eigenvalue weighted by Gasteiger charge is 2.32. The van der Waals surface area contributed by atoms with E-state index in [1.165, 1.54) is 28.2 Å². The number of rotatable bonds is 6. The highest BCUT2D eigenvalue weighted by atomic mass is 32.2. The standard InChI is InChI=1S/C26H33FN4O2S2/c1-15(2)34-24-22(30-12-10-18(11-13-30)26(4,5)6)28-25(35-24)31-21(23(32)33)20(16(3)29-31)17-8-7-9-19(27)14-17/h7-9,14-15,18H,10-13H2,1-6H3,(H,32,33). The molecular formula is C26H33FN4O2S2. The molecule has 188 valence electrons. The minimum absolute atomic E-state index is 0.000868. The molecule has 1 aromatic carbocycles. The first kappa shape index (κ1) is 25.7. The number of halogens is 1. The average Bonchev–Trinajstić information content (AvgIpc) is 3.33. The van der Waals surface area contributed by atoms with Crippen molar-refractivity contribution in [1.29, 1.82) is 0 Å². The van der Waals surface area contributed by atoms with Crippen LogP contribution in [0.2, 0.25) is 0 Å². The second-order valence-electron chi connectivity index (χ2n) is 10.4. The lowest BCUT2D eigenvalue weighted by molar-refractivity contribution is 0.0688. The summed E-state index contributed by atoms with van der Waals surface area (Å²) in [5.74, 6) is 0.0367. The number of carboxylic acid groups (broad SMARTS) is 1. The Morgan fingerprint density at radius 2 is 1.94 bits per heavy atom. The summed E-state index contributed by atoms with van der Waals surface area (Å²) in [7, 11) is 0. The van der Waals surface area contributed by atoms with Crippen LogP contribution < -0.4 is 4.90 Å². The number of aromatic carboxylic acids is 1. The number of carboxylic acids is 1. The monoisotopic (exact) mass is 516 g/mol. The smallest absolute Gasteiger partial charge is 0.355 e. The van der Waals surface area contributed by atoms with Crippen LogP contribution in [-0.2, 0) is 0 Å². The molecular weight excluding hydrogens is 483 g/mol. The highest BCUT2D eigenvalue weighted by molar-refractivity contribution is 8.01. The van der Waals surface area contributed by atoms with Gasteiger partial charge in [0.2, 0.25) is 5.13 Å². The Morgan fingerprint density at radius 1 is 1.26 bits per heavy atom. The SMILES string of the molecule is Cc1nn(-c2nc(N3CCC(C(C)(C)C)CC3)c(SC(C)C)s2)c(C(=O)O)c1-c1cccc(F)c1. The van der Waals surface area contributed by atoms with E-state index in [0.29, 0.717) is 33.1 Å². The van der Waals surface area contributed by atoms with Crippen molar-refractivity contribution in [1.82, 2.24) is 14.8 Å². The van der Waals surface area contributed by atoms with Gasteiger partial charge in [0.25, 0.3) is 0 Å². The third-order valence-electron chi connectivity index (χ3n) is 6.49. The lowest BCUT2D eigenvalue weighted by Gasteiger charge is -2.39. The highest BCUT2D eigenvalue weighted by Crippen LogP contribution is 2.43. The van der Waals surface area contributed by atoms with E-state index in [9.17, 15) is 14.3 Å². The fraction of sp³-hybridized carbons (Fsp3) is 0.500. The van der Waals surface area contributed by atoms with E-state index < -0.39 is 11.8 Å². The number of piperidine rings is 1. The van der Waals surface area contributed by atoms with E-state index >= 15 is 0 Å². The molecule has 1 aliphatic heterocycles. The Bertz CT molecular complexity index is 1220. The zero-order chi connectivity index (χ0) is 25.5. The molecule has 35 heavy (non-hydrogen) atoms. The molecule has 0 radical (unpaired) electrons. The van der Waals surface area contributed by atoms with Crippen LogP contribution in [0.5, 0.6) is 0 Å². The number of hydrogen-bond acceptors (Lipinski definition) is 6. The van der Waals surface area contributed by atoms with Crippen molar-refractivity contribution < 1.29 is 14.3 Å². The predicted octanol–water partition coefficient (Wildman–Crippen LogP) is 6.90. The number of thiazole rings is 1. The van der Waals surface area contributed by atoms with Crippen LogP contribution in [0.1, 0.15) is 63.6 Å². The van der Waals surface area contributed by atoms with Gasteiger partial charge in [-0.1, -0.05) is 58.1 Å². The zero-order valence-electron chi connectivity index (χ0n) is 21.1. The molecule has 0 bridgehead atoms. The molecule has 1 fully saturated rings. The van der Waals surface area contributed by atoms with Crippen molar-refractivity contribution in [3.63, 3.8) is 0 Å². The molecule has 9 heteroatoms. The molecule has 3 heterocycles. The maximum Gasteiger partial charge on any atom is 0.355 e. The van der Waals surface area contributed by atoms with E-state index in [1.807, 2.05) is 0 Å². The molecule has 0 unspecified atom stereocenters. The van der Waals surface area contributed by atoms with Crippen molar-refractivity contribution in [3.8, 4) is 16.3 Å². The van der Waals surface area contributed by atoms with Crippen LogP contribution in [0.25, 0.3) is 16.3 Å². The molecule has 1 saturated heterocycles. The van der Waals surface area contributed by atoms with E-state index in [1.54, 1.807) is 30.8 Å². The van der Waals surface area contributed by atoms with Gasteiger partial charge in [-0.15, -0.1) is 11.8 Å². The topological polar surface area (TPSA) is 71.2 Å². The summed E-state index contributed by atoms with van der Waals surface area (Å²) < 4.78 is 16.4. The van der Waals surface area contributed by atoms with Crippen molar-refractivity contribution in [2.24, 2.45) is 11.3 Å². The number of thioether (sulfide) groups is 1. The molecule has 6 nitrogen and oxygen atoms in total. The number of nitrogens with zero attached hydrogens (tertiary/aromatic N) is 4. The Morgan fingerprint density at radius 3 is 2.51 bits per heavy atom. The predicted molar refractivity (Wildman–Crippen MR) is 142 cm³/mol. The molecule has 0 spiro atoms. The molecule has 0 saturated carbocycles. The average molecular weight is 517 g/mol. The lowest BCUT2D eigenvalue weighted by Crippen LogP contribution is -2.38. The lowest BCUT2D eigenvalue weighted by atomic mass is 9.75. The summed E-state index contributed by atoms with van der Waals surface area (Å²) >= 11 is 3.21. The van der Waals surface area contributed by atoms with Crippen LogP contribution in [0.3, 0.4) is 0 Å². The van der Waals surface area contributed by atoms with E-state index in [2.05, 4.69) is 44.6 Å². The molecule has 1 aliphatic rings. The fourth-order valence-corrected chi connectivity index (χ4v) is 7.16. The van der Waals surface area contributed by atoms with Gasteiger partial charge in [0, 0.05) is 23.9 Å². The quantitative estimate of drug-likeness (QED) is 0.359. The van der Waals surface area contributed by atoms with Gasteiger partial charge in [-0.3, -0.25) is 0 Å². The Kier molecular flexibility index (Phi) is 7.29. The number of carbonyl (C=O) groups is 1. The zero-order valence-corrected chi connectivity index (χ0v) is 22.8. The summed E-state index contributed by atoms with van der Waals surface area (Å²) in [6.07, 6.45) is 2.21. The van der Waals surface area contributed by atoms with Crippen LogP contribution in [-0.4, -0.2) is 44.2 Å². The summed E-state index contributed by atoms with van der Waals surface area (Å²) in [6.45, 7) is 14.8. The van der Waals surface area contributed by atoms with E-state index in [4.69, 9.17) is 4.98 Å². The second-order valence-corrected chi connectivity index (χ2v) is 13.3. The first-order chi connectivity index (χ1) is 16.5. The van der Waals surface area contributed by atoms with Gasteiger partial charge >= 0.3 is 5.97 Å². The van der Waals surface area contributed by atoms with Crippen LogP contribution in [0.4, 0.5) is 10.2 Å². The summed E-state index contributed by atoms with van der Waals surface area (Å²) in [5.41, 5.74) is 1.71. The second kappa shape index (κ2) is 9.93. The first-order valence-electron chi connectivity index (χ1n) is 12.0. The number of anilines is 1. The molecule has 2 aromatic heterocycles. The Balaban J connectivity index is 1.76. The van der Waals surface area contributed by atoms with Gasteiger partial charge in [0.1, 0.15) is 10.0 Å². The van der Waals surface area contributed by atoms with Crippen molar-refractivity contribution in [3.05, 3.63) is 41.5 Å². The summed E-state index contributed by atoms with van der Waals surface area (Å²) in [5, 5.41) is 15.6. The first-order valence-corrected chi connectivity index (χ1v) is 13.7. The molecule has 3 aromatic rings. The van der Waals surface area contributed by atoms with Gasteiger partial charge < -0.3 is 10.0 Å². The summed E-state index contributed by atoms with van der Waals surface area (Å²) in [4.78, 5) is 19.7. The largest absolute Gasteiger partial charge is 0.476 e. The molecule has 1 N–H and O–H groups in total. The number of benzene rings is 1. The van der Waals surface area contributed by atoms with Crippen LogP contribution in [0, 0.1) is 24.1 Å². The third-order valence-corrected chi connectivity index (χ3v) is 8.71.